The fourth-order valence-corrected chi connectivity index (χ4v) is 2.91. The van der Waals surface area contributed by atoms with Gasteiger partial charge >= 0.3 is 5.97 Å². The van der Waals surface area contributed by atoms with E-state index in [0.717, 1.165) is 22.3 Å². The molecular weight excluding hydrogens is 350 g/mol. The summed E-state index contributed by atoms with van der Waals surface area (Å²) in [6.45, 7) is 3.66. The van der Waals surface area contributed by atoms with Gasteiger partial charge in [-0.1, -0.05) is 54.6 Å². The monoisotopic (exact) mass is 373 g/mol. The summed E-state index contributed by atoms with van der Waals surface area (Å²) >= 11 is 0. The molecule has 0 heterocycles. The van der Waals surface area contributed by atoms with Crippen LogP contribution in [0.15, 0.2) is 72.8 Å². The van der Waals surface area contributed by atoms with Crippen molar-refractivity contribution in [2.24, 2.45) is 0 Å². The van der Waals surface area contributed by atoms with Crippen molar-refractivity contribution in [2.75, 3.05) is 11.9 Å². The molecule has 3 rings (SSSR count). The third-order valence-electron chi connectivity index (χ3n) is 4.60. The molecular formula is C24H23NO3. The van der Waals surface area contributed by atoms with E-state index >= 15 is 0 Å². The Morgan fingerprint density at radius 1 is 0.857 bits per heavy atom. The van der Waals surface area contributed by atoms with Gasteiger partial charge in [-0.3, -0.25) is 4.79 Å². The Morgan fingerprint density at radius 3 is 2.32 bits per heavy atom. The van der Waals surface area contributed by atoms with Gasteiger partial charge in [-0.2, -0.15) is 0 Å². The molecule has 4 heteroatoms. The Bertz CT molecular complexity index is 980. The number of rotatable bonds is 6. The highest BCUT2D eigenvalue weighted by Crippen LogP contribution is 2.16. The van der Waals surface area contributed by atoms with Crippen LogP contribution in [-0.2, 0) is 16.0 Å². The molecule has 0 aliphatic heterocycles. The van der Waals surface area contributed by atoms with E-state index in [9.17, 15) is 9.59 Å². The highest BCUT2D eigenvalue weighted by molar-refractivity contribution is 5.96. The first kappa shape index (κ1) is 19.4. The molecule has 142 valence electrons. The van der Waals surface area contributed by atoms with Gasteiger partial charge in [0.05, 0.1) is 5.56 Å². The molecule has 0 saturated carbocycles. The number of esters is 1. The van der Waals surface area contributed by atoms with Crippen LogP contribution in [0.3, 0.4) is 0 Å². The van der Waals surface area contributed by atoms with Crippen LogP contribution in [-0.4, -0.2) is 18.5 Å². The van der Waals surface area contributed by atoms with Crippen molar-refractivity contribution in [1.29, 1.82) is 0 Å². The van der Waals surface area contributed by atoms with Crippen molar-refractivity contribution in [2.45, 2.75) is 20.3 Å². The lowest BCUT2D eigenvalue weighted by Crippen LogP contribution is -2.21. The van der Waals surface area contributed by atoms with Gasteiger partial charge in [0.25, 0.3) is 5.91 Å². The topological polar surface area (TPSA) is 55.4 Å². The van der Waals surface area contributed by atoms with E-state index < -0.39 is 5.97 Å². The summed E-state index contributed by atoms with van der Waals surface area (Å²) in [5.74, 6) is -0.862. The Kier molecular flexibility index (Phi) is 6.22. The molecule has 0 fully saturated rings. The summed E-state index contributed by atoms with van der Waals surface area (Å²) in [6.07, 6.45) is 0.626. The standard InChI is InChI=1S/C24H23NO3/c1-17-12-13-21(14-18(17)2)25-23(26)16-28-24(27)22-11-7-6-10-20(22)15-19-8-4-3-5-9-19/h3-14H,15-16H2,1-2H3,(H,25,26). The number of anilines is 1. The minimum atomic E-state index is -0.498. The van der Waals surface area contributed by atoms with E-state index in [0.29, 0.717) is 17.7 Å². The molecule has 0 aliphatic carbocycles. The van der Waals surface area contributed by atoms with Gasteiger partial charge in [-0.25, -0.2) is 4.79 Å². The number of carbonyl (C=O) groups excluding carboxylic acids is 2. The normalized spacial score (nSPS) is 10.4. The van der Waals surface area contributed by atoms with Gasteiger partial charge in [0, 0.05) is 5.69 Å². The fourth-order valence-electron chi connectivity index (χ4n) is 2.91. The molecule has 0 saturated heterocycles. The van der Waals surface area contributed by atoms with Crippen LogP contribution < -0.4 is 5.32 Å². The second-order valence-corrected chi connectivity index (χ2v) is 6.74. The first-order valence-electron chi connectivity index (χ1n) is 9.19. The molecule has 3 aromatic rings. The van der Waals surface area contributed by atoms with Gasteiger partial charge in [0.15, 0.2) is 6.61 Å². The average molecular weight is 373 g/mol. The number of carbonyl (C=O) groups is 2. The van der Waals surface area contributed by atoms with Crippen LogP contribution in [0.4, 0.5) is 5.69 Å². The van der Waals surface area contributed by atoms with Crippen LogP contribution >= 0.6 is 0 Å². The second kappa shape index (κ2) is 9.00. The molecule has 0 radical (unpaired) electrons. The van der Waals surface area contributed by atoms with E-state index in [2.05, 4.69) is 5.32 Å². The molecule has 0 aliphatic rings. The molecule has 0 aromatic heterocycles. The molecule has 4 nitrogen and oxygen atoms in total. The molecule has 28 heavy (non-hydrogen) atoms. The van der Waals surface area contributed by atoms with Crippen molar-refractivity contribution < 1.29 is 14.3 Å². The molecule has 3 aromatic carbocycles. The minimum absolute atomic E-state index is 0.328. The number of benzene rings is 3. The summed E-state index contributed by atoms with van der Waals surface area (Å²) in [6, 6.07) is 22.9. The Morgan fingerprint density at radius 2 is 1.57 bits per heavy atom. The summed E-state index contributed by atoms with van der Waals surface area (Å²) in [4.78, 5) is 24.6. The molecule has 0 bridgehead atoms. The van der Waals surface area contributed by atoms with Gasteiger partial charge in [0.2, 0.25) is 0 Å². The van der Waals surface area contributed by atoms with Crippen molar-refractivity contribution in [1.82, 2.24) is 0 Å². The highest BCUT2D eigenvalue weighted by atomic mass is 16.5. The maximum absolute atomic E-state index is 12.5. The Labute approximate surface area is 165 Å². The summed E-state index contributed by atoms with van der Waals surface area (Å²) < 4.78 is 5.24. The van der Waals surface area contributed by atoms with Gasteiger partial charge < -0.3 is 10.1 Å². The lowest BCUT2D eigenvalue weighted by atomic mass is 10.00. The first-order chi connectivity index (χ1) is 13.5. The number of hydrogen-bond acceptors (Lipinski definition) is 3. The number of ether oxygens (including phenoxy) is 1. The quantitative estimate of drug-likeness (QED) is 0.638. The van der Waals surface area contributed by atoms with Gasteiger partial charge in [-0.05, 0) is 60.7 Å². The molecule has 0 unspecified atom stereocenters. The maximum atomic E-state index is 12.5. The van der Waals surface area contributed by atoms with Crippen molar-refractivity contribution in [3.8, 4) is 0 Å². The number of amides is 1. The zero-order chi connectivity index (χ0) is 19.9. The predicted octanol–water partition coefficient (Wildman–Crippen LogP) is 4.69. The van der Waals surface area contributed by atoms with Gasteiger partial charge in [0.1, 0.15) is 0 Å². The second-order valence-electron chi connectivity index (χ2n) is 6.74. The number of nitrogens with one attached hydrogen (secondary N) is 1. The zero-order valence-corrected chi connectivity index (χ0v) is 16.1. The lowest BCUT2D eigenvalue weighted by molar-refractivity contribution is -0.119. The summed E-state index contributed by atoms with van der Waals surface area (Å²) in [5.41, 5.74) is 5.38. The van der Waals surface area contributed by atoms with E-state index in [4.69, 9.17) is 4.74 Å². The average Bonchev–Trinajstić information content (AvgIpc) is 2.70. The van der Waals surface area contributed by atoms with E-state index in [1.807, 2.05) is 74.5 Å². The third kappa shape index (κ3) is 5.07. The molecule has 1 N–H and O–H groups in total. The Balaban J connectivity index is 1.61. The van der Waals surface area contributed by atoms with Crippen molar-refractivity contribution in [3.05, 3.63) is 101 Å². The maximum Gasteiger partial charge on any atom is 0.338 e. The van der Waals surface area contributed by atoms with Crippen LogP contribution in [0.25, 0.3) is 0 Å². The molecule has 0 atom stereocenters. The Hall–Kier alpha value is -3.40. The van der Waals surface area contributed by atoms with E-state index in [1.165, 1.54) is 0 Å². The third-order valence-corrected chi connectivity index (χ3v) is 4.60. The highest BCUT2D eigenvalue weighted by Gasteiger charge is 2.14. The number of aryl methyl sites for hydroxylation is 2. The van der Waals surface area contributed by atoms with Crippen LogP contribution in [0.2, 0.25) is 0 Å². The van der Waals surface area contributed by atoms with Gasteiger partial charge in [-0.15, -0.1) is 0 Å². The summed E-state index contributed by atoms with van der Waals surface area (Å²) in [5, 5.41) is 2.76. The largest absolute Gasteiger partial charge is 0.452 e. The lowest BCUT2D eigenvalue weighted by Gasteiger charge is -2.11. The summed E-state index contributed by atoms with van der Waals surface area (Å²) in [7, 11) is 0. The zero-order valence-electron chi connectivity index (χ0n) is 16.1. The molecule has 1 amide bonds. The van der Waals surface area contributed by atoms with Crippen molar-refractivity contribution in [3.63, 3.8) is 0 Å². The predicted molar refractivity (Wildman–Crippen MR) is 111 cm³/mol. The van der Waals surface area contributed by atoms with Crippen LogP contribution in [0.5, 0.6) is 0 Å². The molecule has 0 spiro atoms. The van der Waals surface area contributed by atoms with Crippen LogP contribution in [0, 0.1) is 13.8 Å². The van der Waals surface area contributed by atoms with Crippen molar-refractivity contribution >= 4 is 17.6 Å². The number of hydrogen-bond donors (Lipinski definition) is 1. The van der Waals surface area contributed by atoms with E-state index in [1.54, 1.807) is 12.1 Å². The smallest absolute Gasteiger partial charge is 0.338 e. The first-order valence-corrected chi connectivity index (χ1v) is 9.19. The van der Waals surface area contributed by atoms with Crippen LogP contribution in [0.1, 0.15) is 32.6 Å². The SMILES string of the molecule is Cc1ccc(NC(=O)COC(=O)c2ccccc2Cc2ccccc2)cc1C. The van der Waals surface area contributed by atoms with E-state index in [-0.39, 0.29) is 12.5 Å². The minimum Gasteiger partial charge on any atom is -0.452 e. The fraction of sp³-hybridized carbons (Fsp3) is 0.167.